The molecule has 0 bridgehead atoms. The van der Waals surface area contributed by atoms with Gasteiger partial charge in [-0.3, -0.25) is 0 Å². The summed E-state index contributed by atoms with van der Waals surface area (Å²) >= 11 is 0. The highest BCUT2D eigenvalue weighted by Gasteiger charge is 2.58. The zero-order chi connectivity index (χ0) is 14.9. The Labute approximate surface area is 124 Å². The summed E-state index contributed by atoms with van der Waals surface area (Å²) in [5, 5.41) is -0.122. The van der Waals surface area contributed by atoms with Crippen LogP contribution in [0.3, 0.4) is 0 Å². The first kappa shape index (κ1) is 17.6. The summed E-state index contributed by atoms with van der Waals surface area (Å²) in [4.78, 5) is 0. The van der Waals surface area contributed by atoms with E-state index in [1.165, 1.54) is 12.8 Å². The summed E-state index contributed by atoms with van der Waals surface area (Å²) in [6.45, 7) is 3.15. The van der Waals surface area contributed by atoms with E-state index in [1.54, 1.807) is 21.3 Å². The molecule has 2 aliphatic heterocycles. The topological polar surface area (TPSA) is 51.8 Å². The van der Waals surface area contributed by atoms with E-state index >= 15 is 0 Å². The molecule has 0 amide bonds. The second-order valence-electron chi connectivity index (χ2n) is 5.24. The molecule has 118 valence electrons. The van der Waals surface area contributed by atoms with E-state index in [1.807, 2.05) is 12.3 Å². The Morgan fingerprint density at radius 1 is 1.20 bits per heavy atom. The van der Waals surface area contributed by atoms with Crippen molar-refractivity contribution in [2.75, 3.05) is 27.9 Å². The van der Waals surface area contributed by atoms with E-state index < -0.39 is 8.56 Å². The van der Waals surface area contributed by atoms with Gasteiger partial charge < -0.3 is 19.0 Å². The first-order valence-electron chi connectivity index (χ1n) is 7.49. The average Bonchev–Trinajstić information content (AvgIpc) is 3.07. The lowest BCUT2D eigenvalue weighted by Crippen LogP contribution is -2.64. The zero-order valence-corrected chi connectivity index (χ0v) is 14.3. The van der Waals surface area contributed by atoms with E-state index in [2.05, 4.69) is 17.8 Å². The highest BCUT2D eigenvalue weighted by Crippen LogP contribution is 2.42. The SMILES string of the molecule is C1=CNNC1.CCCC1(OC)CCCC[Si]1(OC)OC. The second-order valence-corrected chi connectivity index (χ2v) is 8.98. The minimum absolute atomic E-state index is 0.122. The number of hydrogen-bond donors (Lipinski definition) is 2. The van der Waals surface area contributed by atoms with Crippen molar-refractivity contribution in [3.8, 4) is 0 Å². The number of methoxy groups -OCH3 is 1. The summed E-state index contributed by atoms with van der Waals surface area (Å²) in [5.74, 6) is 0. The van der Waals surface area contributed by atoms with Gasteiger partial charge in [0.15, 0.2) is 0 Å². The fourth-order valence-electron chi connectivity index (χ4n) is 3.22. The Morgan fingerprint density at radius 3 is 2.35 bits per heavy atom. The predicted octanol–water partition coefficient (Wildman–Crippen LogP) is 2.24. The van der Waals surface area contributed by atoms with Gasteiger partial charge in [-0.15, -0.1) is 0 Å². The first-order valence-corrected chi connectivity index (χ1v) is 9.51. The molecule has 6 heteroatoms. The smallest absolute Gasteiger partial charge is 0.370 e. The number of rotatable bonds is 5. The van der Waals surface area contributed by atoms with Crippen molar-refractivity contribution < 1.29 is 13.6 Å². The average molecular weight is 302 g/mol. The van der Waals surface area contributed by atoms with Crippen molar-refractivity contribution in [1.82, 2.24) is 10.9 Å². The maximum atomic E-state index is 5.83. The molecule has 2 heterocycles. The van der Waals surface area contributed by atoms with Crippen molar-refractivity contribution >= 4 is 8.56 Å². The molecule has 0 spiro atoms. The molecule has 20 heavy (non-hydrogen) atoms. The van der Waals surface area contributed by atoms with Gasteiger partial charge in [-0.1, -0.05) is 32.3 Å². The molecule has 0 saturated carbocycles. The van der Waals surface area contributed by atoms with Crippen LogP contribution in [0, 0.1) is 0 Å². The van der Waals surface area contributed by atoms with Crippen LogP contribution in [0.2, 0.25) is 6.04 Å². The van der Waals surface area contributed by atoms with Gasteiger partial charge in [-0.05, 0) is 18.9 Å². The minimum atomic E-state index is -2.15. The largest absolute Gasteiger partial charge is 0.396 e. The molecular weight excluding hydrogens is 272 g/mol. The van der Waals surface area contributed by atoms with Crippen LogP contribution in [0.1, 0.15) is 39.0 Å². The molecule has 0 radical (unpaired) electrons. The van der Waals surface area contributed by atoms with E-state index in [0.29, 0.717) is 0 Å². The summed E-state index contributed by atoms with van der Waals surface area (Å²) < 4.78 is 17.4. The third kappa shape index (κ3) is 3.83. The third-order valence-corrected chi connectivity index (χ3v) is 8.68. The lowest BCUT2D eigenvalue weighted by molar-refractivity contribution is -0.0149. The van der Waals surface area contributed by atoms with Crippen molar-refractivity contribution in [3.05, 3.63) is 12.3 Å². The molecule has 2 rings (SSSR count). The monoisotopic (exact) mass is 302 g/mol. The number of hydrazine groups is 1. The van der Waals surface area contributed by atoms with Crippen LogP contribution < -0.4 is 10.9 Å². The third-order valence-electron chi connectivity index (χ3n) is 4.26. The lowest BCUT2D eigenvalue weighted by Gasteiger charge is -2.47. The Balaban J connectivity index is 0.000000333. The van der Waals surface area contributed by atoms with E-state index in [0.717, 1.165) is 31.9 Å². The molecule has 1 unspecified atom stereocenters. The van der Waals surface area contributed by atoms with Crippen molar-refractivity contribution in [2.45, 2.75) is 50.3 Å². The van der Waals surface area contributed by atoms with Crippen LogP contribution in [-0.2, 0) is 13.6 Å². The maximum Gasteiger partial charge on any atom is 0.370 e. The summed E-state index contributed by atoms with van der Waals surface area (Å²) in [6, 6.07) is 1.06. The van der Waals surface area contributed by atoms with Crippen molar-refractivity contribution in [2.24, 2.45) is 0 Å². The van der Waals surface area contributed by atoms with Crippen LogP contribution in [0.4, 0.5) is 0 Å². The Morgan fingerprint density at radius 2 is 1.95 bits per heavy atom. The van der Waals surface area contributed by atoms with E-state index in [-0.39, 0.29) is 5.22 Å². The quantitative estimate of drug-likeness (QED) is 0.763. The number of hydrogen-bond acceptors (Lipinski definition) is 5. The Hall–Kier alpha value is -0.403. The lowest BCUT2D eigenvalue weighted by atomic mass is 10.1. The van der Waals surface area contributed by atoms with Crippen molar-refractivity contribution in [1.29, 1.82) is 0 Å². The van der Waals surface area contributed by atoms with Crippen LogP contribution in [0.5, 0.6) is 0 Å². The fraction of sp³-hybridized carbons (Fsp3) is 0.857. The molecule has 1 atom stereocenters. The van der Waals surface area contributed by atoms with E-state index in [4.69, 9.17) is 13.6 Å². The molecule has 5 nitrogen and oxygen atoms in total. The van der Waals surface area contributed by atoms with Gasteiger partial charge >= 0.3 is 8.56 Å². The highest BCUT2D eigenvalue weighted by atomic mass is 28.4. The van der Waals surface area contributed by atoms with Crippen LogP contribution in [0.25, 0.3) is 0 Å². The van der Waals surface area contributed by atoms with Gasteiger partial charge in [0, 0.05) is 34.1 Å². The second kappa shape index (κ2) is 8.79. The molecule has 2 aliphatic rings. The van der Waals surface area contributed by atoms with Crippen LogP contribution in [0.15, 0.2) is 12.3 Å². The highest BCUT2D eigenvalue weighted by molar-refractivity contribution is 6.70. The molecule has 0 aromatic rings. The van der Waals surface area contributed by atoms with Gasteiger partial charge in [0.25, 0.3) is 0 Å². The van der Waals surface area contributed by atoms with E-state index in [9.17, 15) is 0 Å². The fourth-order valence-corrected chi connectivity index (χ4v) is 7.21. The predicted molar refractivity (Wildman–Crippen MR) is 83.4 cm³/mol. The molecule has 0 aromatic heterocycles. The molecule has 1 fully saturated rings. The molecule has 0 aromatic carbocycles. The molecule has 1 saturated heterocycles. The van der Waals surface area contributed by atoms with Crippen LogP contribution >= 0.6 is 0 Å². The minimum Gasteiger partial charge on any atom is -0.396 e. The number of ether oxygens (including phenoxy) is 1. The summed E-state index contributed by atoms with van der Waals surface area (Å²) in [7, 11) is 3.22. The van der Waals surface area contributed by atoms with Gasteiger partial charge in [0.2, 0.25) is 0 Å². The van der Waals surface area contributed by atoms with Crippen LogP contribution in [-0.4, -0.2) is 41.7 Å². The Kier molecular flexibility index (Phi) is 7.76. The molecule has 2 N–H and O–H groups in total. The maximum absolute atomic E-state index is 5.83. The molecular formula is C14H30N2O3Si. The zero-order valence-electron chi connectivity index (χ0n) is 13.3. The van der Waals surface area contributed by atoms with Gasteiger partial charge in [-0.2, -0.15) is 0 Å². The standard InChI is InChI=1S/C11H24O3Si.C3H6N2/c1-5-8-11(12-2)9-6-7-10-15(11,13-3)14-4;1-2-4-5-3-1/h5-10H2,1-4H3;1-2,4-5H,3H2. The van der Waals surface area contributed by atoms with Gasteiger partial charge in [-0.25, -0.2) is 5.43 Å². The van der Waals surface area contributed by atoms with Gasteiger partial charge in [0.05, 0.1) is 0 Å². The normalized spacial score (nSPS) is 27.6. The Bertz CT molecular complexity index is 288. The summed E-state index contributed by atoms with van der Waals surface area (Å²) in [6.07, 6.45) is 9.59. The first-order chi connectivity index (χ1) is 9.70. The van der Waals surface area contributed by atoms with Crippen molar-refractivity contribution in [3.63, 3.8) is 0 Å². The summed E-state index contributed by atoms with van der Waals surface area (Å²) in [5.41, 5.74) is 5.65. The number of nitrogens with one attached hydrogen (secondary N) is 2. The van der Waals surface area contributed by atoms with Gasteiger partial charge in [0.1, 0.15) is 5.22 Å². The molecule has 0 aliphatic carbocycles.